The van der Waals surface area contributed by atoms with E-state index in [0.717, 1.165) is 16.9 Å². The van der Waals surface area contributed by atoms with E-state index in [2.05, 4.69) is 5.10 Å². The lowest BCUT2D eigenvalue weighted by Crippen LogP contribution is -2.12. The number of benzene rings is 2. The molecule has 0 saturated carbocycles. The summed E-state index contributed by atoms with van der Waals surface area (Å²) < 4.78 is 46.6. The van der Waals surface area contributed by atoms with Gasteiger partial charge in [-0.2, -0.15) is 5.10 Å². The van der Waals surface area contributed by atoms with Crippen molar-refractivity contribution in [1.82, 2.24) is 9.78 Å². The highest BCUT2D eigenvalue weighted by Crippen LogP contribution is 2.42. The molecule has 0 fully saturated rings. The van der Waals surface area contributed by atoms with Crippen molar-refractivity contribution in [3.8, 4) is 16.9 Å². The SMILES string of the molecule is Cn1cc(C(=O)Oc2c(-c3ccccc3)cc(F)c(Cl)c2Cl)c(C(F)F)n1. The van der Waals surface area contributed by atoms with Crippen LogP contribution in [-0.4, -0.2) is 15.7 Å². The molecule has 2 aromatic carbocycles. The number of hydrogen-bond donors (Lipinski definition) is 0. The average Bonchev–Trinajstić information content (AvgIpc) is 3.05. The summed E-state index contributed by atoms with van der Waals surface area (Å²) in [5.74, 6) is -2.15. The zero-order chi connectivity index (χ0) is 19.7. The summed E-state index contributed by atoms with van der Waals surface area (Å²) in [7, 11) is 1.39. The monoisotopic (exact) mass is 414 g/mol. The quantitative estimate of drug-likeness (QED) is 0.313. The molecule has 0 aliphatic carbocycles. The third-order valence-electron chi connectivity index (χ3n) is 3.68. The van der Waals surface area contributed by atoms with Gasteiger partial charge in [-0.15, -0.1) is 0 Å². The highest BCUT2D eigenvalue weighted by Gasteiger charge is 2.27. The molecule has 9 heteroatoms. The van der Waals surface area contributed by atoms with Gasteiger partial charge in [-0.1, -0.05) is 53.5 Å². The fourth-order valence-electron chi connectivity index (χ4n) is 2.48. The maximum Gasteiger partial charge on any atom is 0.347 e. The Bertz CT molecular complexity index is 1010. The first-order chi connectivity index (χ1) is 12.8. The van der Waals surface area contributed by atoms with Gasteiger partial charge in [0.2, 0.25) is 0 Å². The van der Waals surface area contributed by atoms with Crippen LogP contribution >= 0.6 is 23.2 Å². The number of nitrogens with zero attached hydrogens (tertiary/aromatic N) is 2. The lowest BCUT2D eigenvalue weighted by atomic mass is 10.0. The number of esters is 1. The van der Waals surface area contributed by atoms with E-state index in [1.807, 2.05) is 0 Å². The minimum Gasteiger partial charge on any atom is -0.421 e. The van der Waals surface area contributed by atoms with Crippen LogP contribution in [-0.2, 0) is 7.05 Å². The van der Waals surface area contributed by atoms with Gasteiger partial charge in [0.15, 0.2) is 5.75 Å². The van der Waals surface area contributed by atoms with E-state index in [1.165, 1.54) is 7.05 Å². The van der Waals surface area contributed by atoms with Crippen LogP contribution in [0, 0.1) is 5.82 Å². The Kier molecular flexibility index (Phi) is 5.43. The molecule has 0 bridgehead atoms. The highest BCUT2D eigenvalue weighted by molar-refractivity contribution is 6.43. The predicted molar refractivity (Wildman–Crippen MR) is 95.0 cm³/mol. The van der Waals surface area contributed by atoms with Gasteiger partial charge in [-0.05, 0) is 11.6 Å². The molecule has 0 unspecified atom stereocenters. The third kappa shape index (κ3) is 3.79. The van der Waals surface area contributed by atoms with Crippen molar-refractivity contribution in [1.29, 1.82) is 0 Å². The molecular weight excluding hydrogens is 404 g/mol. The van der Waals surface area contributed by atoms with Gasteiger partial charge in [0.05, 0.1) is 5.02 Å². The van der Waals surface area contributed by atoms with Crippen molar-refractivity contribution in [2.45, 2.75) is 6.43 Å². The Balaban J connectivity index is 2.09. The maximum atomic E-state index is 14.1. The second-order valence-corrected chi connectivity index (χ2v) is 6.28. The number of alkyl halides is 2. The van der Waals surface area contributed by atoms with E-state index in [0.29, 0.717) is 5.56 Å². The van der Waals surface area contributed by atoms with E-state index >= 15 is 0 Å². The van der Waals surface area contributed by atoms with Gasteiger partial charge in [0.1, 0.15) is 22.1 Å². The van der Waals surface area contributed by atoms with Crippen LogP contribution in [0.4, 0.5) is 13.2 Å². The van der Waals surface area contributed by atoms with Gasteiger partial charge in [-0.3, -0.25) is 4.68 Å². The van der Waals surface area contributed by atoms with Gasteiger partial charge in [0, 0.05) is 18.8 Å². The molecule has 0 aliphatic heterocycles. The summed E-state index contributed by atoms with van der Waals surface area (Å²) in [4.78, 5) is 12.5. The van der Waals surface area contributed by atoms with Gasteiger partial charge >= 0.3 is 5.97 Å². The zero-order valence-electron chi connectivity index (χ0n) is 13.7. The minimum atomic E-state index is -2.98. The van der Waals surface area contributed by atoms with E-state index in [-0.39, 0.29) is 16.3 Å². The molecular formula is C18H11Cl2F3N2O2. The summed E-state index contributed by atoms with van der Waals surface area (Å²) in [6.45, 7) is 0. The molecule has 0 atom stereocenters. The Morgan fingerprint density at radius 3 is 2.48 bits per heavy atom. The van der Waals surface area contributed by atoms with E-state index in [9.17, 15) is 18.0 Å². The number of ether oxygens (including phenoxy) is 1. The summed E-state index contributed by atoms with van der Waals surface area (Å²) in [5.41, 5.74) is -0.507. The molecule has 3 aromatic rings. The molecule has 1 heterocycles. The Labute approximate surface area is 162 Å². The molecule has 0 saturated heterocycles. The smallest absolute Gasteiger partial charge is 0.347 e. The number of rotatable bonds is 4. The second-order valence-electron chi connectivity index (χ2n) is 5.52. The normalized spacial score (nSPS) is 11.1. The van der Waals surface area contributed by atoms with Gasteiger partial charge in [-0.25, -0.2) is 18.0 Å². The van der Waals surface area contributed by atoms with Crippen molar-refractivity contribution in [2.24, 2.45) is 7.05 Å². The van der Waals surface area contributed by atoms with Crippen LogP contribution in [0.1, 0.15) is 22.5 Å². The molecule has 0 radical (unpaired) electrons. The Hall–Kier alpha value is -2.51. The number of carbonyl (C=O) groups excluding carboxylic acids is 1. The minimum absolute atomic E-state index is 0.151. The standard InChI is InChI=1S/C18H11Cl2F3N2O2/c1-25-8-11(15(24-25)17(22)23)18(26)27-16-10(9-5-3-2-4-6-9)7-12(21)13(19)14(16)20/h2-8,17H,1H3. The summed E-state index contributed by atoms with van der Waals surface area (Å²) >= 11 is 11.9. The topological polar surface area (TPSA) is 44.1 Å². The summed E-state index contributed by atoms with van der Waals surface area (Å²) in [6, 6.07) is 9.47. The van der Waals surface area contributed by atoms with E-state index in [1.54, 1.807) is 30.3 Å². The molecule has 140 valence electrons. The second kappa shape index (κ2) is 7.62. The van der Waals surface area contributed by atoms with E-state index < -0.39 is 34.5 Å². The highest BCUT2D eigenvalue weighted by atomic mass is 35.5. The van der Waals surface area contributed by atoms with Crippen LogP contribution in [0.3, 0.4) is 0 Å². The van der Waals surface area contributed by atoms with Crippen LogP contribution in [0.2, 0.25) is 10.0 Å². The number of aryl methyl sites for hydroxylation is 1. The number of aromatic nitrogens is 2. The Morgan fingerprint density at radius 1 is 1.19 bits per heavy atom. The van der Waals surface area contributed by atoms with Crippen LogP contribution in [0.15, 0.2) is 42.6 Å². The van der Waals surface area contributed by atoms with E-state index in [4.69, 9.17) is 27.9 Å². The lowest BCUT2D eigenvalue weighted by Gasteiger charge is -2.14. The van der Waals surface area contributed by atoms with Gasteiger partial charge in [0.25, 0.3) is 6.43 Å². The Morgan fingerprint density at radius 2 is 1.85 bits per heavy atom. The average molecular weight is 415 g/mol. The molecule has 0 aliphatic rings. The first kappa shape index (κ1) is 19.3. The van der Waals surface area contributed by atoms with Gasteiger partial charge < -0.3 is 4.74 Å². The molecule has 3 rings (SSSR count). The van der Waals surface area contributed by atoms with Crippen molar-refractivity contribution in [3.63, 3.8) is 0 Å². The lowest BCUT2D eigenvalue weighted by molar-refractivity contribution is 0.0722. The van der Waals surface area contributed by atoms with Crippen molar-refractivity contribution < 1.29 is 22.7 Å². The maximum absolute atomic E-state index is 14.1. The van der Waals surface area contributed by atoms with Crippen LogP contribution in [0.25, 0.3) is 11.1 Å². The number of carbonyl (C=O) groups is 1. The molecule has 4 nitrogen and oxygen atoms in total. The first-order valence-corrected chi connectivity index (χ1v) is 8.32. The molecule has 0 spiro atoms. The predicted octanol–water partition coefficient (Wildman–Crippen LogP) is 5.69. The molecule has 1 aromatic heterocycles. The van der Waals surface area contributed by atoms with Crippen LogP contribution in [0.5, 0.6) is 5.75 Å². The van der Waals surface area contributed by atoms with Crippen molar-refractivity contribution in [2.75, 3.05) is 0 Å². The van der Waals surface area contributed by atoms with Crippen LogP contribution < -0.4 is 4.74 Å². The van der Waals surface area contributed by atoms with Crippen molar-refractivity contribution in [3.05, 3.63) is 69.7 Å². The molecule has 0 amide bonds. The summed E-state index contributed by atoms with van der Waals surface area (Å²) in [6.07, 6.45) is -1.87. The van der Waals surface area contributed by atoms with Crippen molar-refractivity contribution >= 4 is 29.2 Å². The fourth-order valence-corrected chi connectivity index (χ4v) is 2.85. The number of halogens is 5. The fraction of sp³-hybridized carbons (Fsp3) is 0.111. The zero-order valence-corrected chi connectivity index (χ0v) is 15.2. The summed E-state index contributed by atoms with van der Waals surface area (Å²) in [5, 5.41) is 2.77. The first-order valence-electron chi connectivity index (χ1n) is 7.56. The number of hydrogen-bond acceptors (Lipinski definition) is 3. The molecule has 0 N–H and O–H groups in total. The third-order valence-corrected chi connectivity index (χ3v) is 4.51. The molecule has 27 heavy (non-hydrogen) atoms. The largest absolute Gasteiger partial charge is 0.421 e.